The SMILES string of the molecule is Cc1ccc(C)c(C(C)NC(C)c2ccc(F)c(F)c2)c1. The van der Waals surface area contributed by atoms with Crippen molar-refractivity contribution >= 4 is 0 Å². The van der Waals surface area contributed by atoms with E-state index in [2.05, 4.69) is 44.3 Å². The molecule has 1 nitrogen and oxygen atoms in total. The molecule has 0 spiro atoms. The summed E-state index contributed by atoms with van der Waals surface area (Å²) in [7, 11) is 0. The highest BCUT2D eigenvalue weighted by atomic mass is 19.2. The van der Waals surface area contributed by atoms with E-state index in [1.165, 1.54) is 28.8 Å². The fourth-order valence-corrected chi connectivity index (χ4v) is 2.57. The summed E-state index contributed by atoms with van der Waals surface area (Å²) in [6, 6.07) is 10.5. The third-order valence-electron chi connectivity index (χ3n) is 3.84. The van der Waals surface area contributed by atoms with Gasteiger partial charge in [-0.15, -0.1) is 0 Å². The first-order chi connectivity index (χ1) is 9.88. The van der Waals surface area contributed by atoms with Gasteiger partial charge in [0.25, 0.3) is 0 Å². The van der Waals surface area contributed by atoms with E-state index >= 15 is 0 Å². The van der Waals surface area contributed by atoms with Crippen LogP contribution in [0.2, 0.25) is 0 Å². The van der Waals surface area contributed by atoms with Gasteiger partial charge in [-0.1, -0.05) is 29.8 Å². The van der Waals surface area contributed by atoms with Gasteiger partial charge in [-0.25, -0.2) is 8.78 Å². The Morgan fingerprint density at radius 2 is 1.57 bits per heavy atom. The van der Waals surface area contributed by atoms with Gasteiger partial charge in [0.2, 0.25) is 0 Å². The molecule has 3 heteroatoms. The second-order valence-electron chi connectivity index (χ2n) is 5.64. The van der Waals surface area contributed by atoms with Crippen LogP contribution in [0.3, 0.4) is 0 Å². The zero-order chi connectivity index (χ0) is 15.6. The summed E-state index contributed by atoms with van der Waals surface area (Å²) in [5.74, 6) is -1.62. The van der Waals surface area contributed by atoms with E-state index in [0.717, 1.165) is 5.56 Å². The molecule has 0 aliphatic carbocycles. The predicted octanol–water partition coefficient (Wildman–Crippen LogP) is 4.99. The van der Waals surface area contributed by atoms with Crippen LogP contribution in [0.1, 0.15) is 48.2 Å². The Hall–Kier alpha value is -1.74. The molecular weight excluding hydrogens is 268 g/mol. The van der Waals surface area contributed by atoms with E-state index in [0.29, 0.717) is 0 Å². The lowest BCUT2D eigenvalue weighted by atomic mass is 9.98. The average molecular weight is 289 g/mol. The van der Waals surface area contributed by atoms with Crippen LogP contribution in [-0.2, 0) is 0 Å². The third kappa shape index (κ3) is 3.67. The molecule has 2 atom stereocenters. The zero-order valence-electron chi connectivity index (χ0n) is 12.9. The second-order valence-corrected chi connectivity index (χ2v) is 5.64. The topological polar surface area (TPSA) is 12.0 Å². The number of nitrogens with one attached hydrogen (secondary N) is 1. The minimum atomic E-state index is -0.812. The number of aryl methyl sites for hydroxylation is 2. The molecule has 0 aromatic heterocycles. The van der Waals surface area contributed by atoms with Crippen LogP contribution in [0.4, 0.5) is 8.78 Å². The minimum absolute atomic E-state index is 0.0602. The Morgan fingerprint density at radius 1 is 0.857 bits per heavy atom. The molecule has 2 rings (SSSR count). The van der Waals surface area contributed by atoms with Gasteiger partial charge in [-0.3, -0.25) is 0 Å². The first-order valence-electron chi connectivity index (χ1n) is 7.16. The Labute approximate surface area is 125 Å². The van der Waals surface area contributed by atoms with Crippen molar-refractivity contribution in [2.45, 2.75) is 39.8 Å². The average Bonchev–Trinajstić information content (AvgIpc) is 2.44. The molecule has 0 radical (unpaired) electrons. The van der Waals surface area contributed by atoms with Crippen LogP contribution in [0.25, 0.3) is 0 Å². The largest absolute Gasteiger partial charge is 0.304 e. The molecule has 0 heterocycles. The molecular formula is C18H21F2N. The van der Waals surface area contributed by atoms with Crippen molar-refractivity contribution in [3.63, 3.8) is 0 Å². The summed E-state index contributed by atoms with van der Waals surface area (Å²) in [6.45, 7) is 8.18. The Bertz CT molecular complexity index is 637. The van der Waals surface area contributed by atoms with E-state index < -0.39 is 11.6 Å². The lowest BCUT2D eigenvalue weighted by molar-refractivity contribution is 0.479. The summed E-state index contributed by atoms with van der Waals surface area (Å²) in [6.07, 6.45) is 0. The molecule has 0 amide bonds. The first-order valence-corrected chi connectivity index (χ1v) is 7.16. The maximum atomic E-state index is 13.3. The summed E-state index contributed by atoms with van der Waals surface area (Å²) < 4.78 is 26.3. The normalized spacial score (nSPS) is 14.0. The molecule has 2 unspecified atom stereocenters. The van der Waals surface area contributed by atoms with E-state index in [1.54, 1.807) is 6.07 Å². The standard InChI is InChI=1S/C18H21F2N/c1-11-5-6-12(2)16(9-11)14(4)21-13(3)15-7-8-17(19)18(20)10-15/h5-10,13-14,21H,1-4H3. The van der Waals surface area contributed by atoms with E-state index in [-0.39, 0.29) is 12.1 Å². The summed E-state index contributed by atoms with van der Waals surface area (Å²) in [5.41, 5.74) is 4.40. The van der Waals surface area contributed by atoms with E-state index in [9.17, 15) is 8.78 Å². The number of hydrogen-bond acceptors (Lipinski definition) is 1. The molecule has 0 saturated carbocycles. The highest BCUT2D eigenvalue weighted by Crippen LogP contribution is 2.23. The molecule has 0 bridgehead atoms. The van der Waals surface area contributed by atoms with Gasteiger partial charge in [-0.05, 0) is 56.5 Å². The summed E-state index contributed by atoms with van der Waals surface area (Å²) in [5, 5.41) is 3.44. The van der Waals surface area contributed by atoms with Gasteiger partial charge in [0, 0.05) is 12.1 Å². The van der Waals surface area contributed by atoms with Gasteiger partial charge in [0.05, 0.1) is 0 Å². The molecule has 0 aliphatic rings. The molecule has 2 aromatic carbocycles. The van der Waals surface area contributed by atoms with Crippen molar-refractivity contribution in [3.05, 3.63) is 70.3 Å². The number of hydrogen-bond donors (Lipinski definition) is 1. The fourth-order valence-electron chi connectivity index (χ4n) is 2.57. The Morgan fingerprint density at radius 3 is 2.24 bits per heavy atom. The van der Waals surface area contributed by atoms with Crippen LogP contribution in [0.5, 0.6) is 0 Å². The first kappa shape index (κ1) is 15.6. The van der Waals surface area contributed by atoms with Crippen LogP contribution in [0, 0.1) is 25.5 Å². The van der Waals surface area contributed by atoms with Gasteiger partial charge < -0.3 is 5.32 Å². The quantitative estimate of drug-likeness (QED) is 0.835. The number of halogens is 2. The highest BCUT2D eigenvalue weighted by molar-refractivity contribution is 5.33. The van der Waals surface area contributed by atoms with Crippen LogP contribution in [-0.4, -0.2) is 0 Å². The fraction of sp³-hybridized carbons (Fsp3) is 0.333. The molecule has 0 saturated heterocycles. The highest BCUT2D eigenvalue weighted by Gasteiger charge is 2.14. The second kappa shape index (κ2) is 6.35. The summed E-state index contributed by atoms with van der Waals surface area (Å²) in [4.78, 5) is 0. The molecule has 0 aliphatic heterocycles. The van der Waals surface area contributed by atoms with Crippen LogP contribution >= 0.6 is 0 Å². The molecule has 112 valence electrons. The van der Waals surface area contributed by atoms with E-state index in [1.807, 2.05) is 6.92 Å². The third-order valence-corrected chi connectivity index (χ3v) is 3.84. The Balaban J connectivity index is 2.16. The number of benzene rings is 2. The predicted molar refractivity (Wildman–Crippen MR) is 82.2 cm³/mol. The van der Waals surface area contributed by atoms with E-state index in [4.69, 9.17) is 0 Å². The van der Waals surface area contributed by atoms with Crippen molar-refractivity contribution in [2.24, 2.45) is 0 Å². The van der Waals surface area contributed by atoms with Crippen molar-refractivity contribution in [1.82, 2.24) is 5.32 Å². The molecule has 2 aromatic rings. The van der Waals surface area contributed by atoms with Gasteiger partial charge >= 0.3 is 0 Å². The Kier molecular flexibility index (Phi) is 4.73. The smallest absolute Gasteiger partial charge is 0.159 e. The maximum Gasteiger partial charge on any atom is 0.159 e. The summed E-state index contributed by atoms with van der Waals surface area (Å²) >= 11 is 0. The monoisotopic (exact) mass is 289 g/mol. The zero-order valence-corrected chi connectivity index (χ0v) is 12.9. The van der Waals surface area contributed by atoms with Crippen molar-refractivity contribution in [3.8, 4) is 0 Å². The van der Waals surface area contributed by atoms with Crippen molar-refractivity contribution in [1.29, 1.82) is 0 Å². The van der Waals surface area contributed by atoms with Gasteiger partial charge in [-0.2, -0.15) is 0 Å². The van der Waals surface area contributed by atoms with Crippen LogP contribution < -0.4 is 5.32 Å². The lowest BCUT2D eigenvalue weighted by Crippen LogP contribution is -2.23. The van der Waals surface area contributed by atoms with Gasteiger partial charge in [0.15, 0.2) is 11.6 Å². The molecule has 1 N–H and O–H groups in total. The number of rotatable bonds is 4. The molecule has 0 fully saturated rings. The lowest BCUT2D eigenvalue weighted by Gasteiger charge is -2.22. The maximum absolute atomic E-state index is 13.3. The molecule has 21 heavy (non-hydrogen) atoms. The van der Waals surface area contributed by atoms with Gasteiger partial charge in [0.1, 0.15) is 0 Å². The van der Waals surface area contributed by atoms with Crippen molar-refractivity contribution in [2.75, 3.05) is 0 Å². The minimum Gasteiger partial charge on any atom is -0.304 e. The van der Waals surface area contributed by atoms with Crippen LogP contribution in [0.15, 0.2) is 36.4 Å². The van der Waals surface area contributed by atoms with Crippen molar-refractivity contribution < 1.29 is 8.78 Å².